The lowest BCUT2D eigenvalue weighted by atomic mass is 10.2. The summed E-state index contributed by atoms with van der Waals surface area (Å²) in [6.45, 7) is 0. The number of hydrogen-bond acceptors (Lipinski definition) is 3. The number of rotatable bonds is 3. The van der Waals surface area contributed by atoms with E-state index in [9.17, 15) is 5.11 Å². The molecule has 3 nitrogen and oxygen atoms in total. The van der Waals surface area contributed by atoms with Crippen LogP contribution in [0, 0.1) is 0 Å². The summed E-state index contributed by atoms with van der Waals surface area (Å²) >= 11 is 7.40. The normalized spacial score (nSPS) is 13.0. The van der Waals surface area contributed by atoms with Crippen molar-refractivity contribution in [2.75, 3.05) is 0 Å². The summed E-state index contributed by atoms with van der Waals surface area (Å²) in [6, 6.07) is 3.69. The number of aliphatic hydroxyl groups excluding tert-OH is 1. The van der Waals surface area contributed by atoms with Crippen molar-refractivity contribution >= 4 is 22.9 Å². The summed E-state index contributed by atoms with van der Waals surface area (Å²) < 4.78 is 1.72. The first kappa shape index (κ1) is 10.7. The maximum absolute atomic E-state index is 9.93. The first-order chi connectivity index (χ1) is 7.16. The van der Waals surface area contributed by atoms with Gasteiger partial charge in [0.05, 0.1) is 21.7 Å². The molecule has 5 heteroatoms. The molecule has 0 radical (unpaired) electrons. The van der Waals surface area contributed by atoms with Gasteiger partial charge in [-0.1, -0.05) is 11.6 Å². The Morgan fingerprint density at radius 3 is 2.93 bits per heavy atom. The van der Waals surface area contributed by atoms with Gasteiger partial charge in [0.1, 0.15) is 0 Å². The fourth-order valence-electron chi connectivity index (χ4n) is 1.41. The van der Waals surface area contributed by atoms with Gasteiger partial charge < -0.3 is 5.11 Å². The zero-order chi connectivity index (χ0) is 10.8. The van der Waals surface area contributed by atoms with E-state index in [0.717, 1.165) is 10.6 Å². The predicted octanol–water partition coefficient (Wildman–Crippen LogP) is 2.41. The van der Waals surface area contributed by atoms with Gasteiger partial charge in [-0.2, -0.15) is 5.10 Å². The second-order valence-electron chi connectivity index (χ2n) is 3.33. The summed E-state index contributed by atoms with van der Waals surface area (Å²) in [5.74, 6) is 0. The molecular weight excluding hydrogens is 232 g/mol. The molecule has 1 unspecified atom stereocenters. The molecule has 0 aliphatic heterocycles. The van der Waals surface area contributed by atoms with Gasteiger partial charge >= 0.3 is 0 Å². The minimum atomic E-state index is -0.563. The van der Waals surface area contributed by atoms with Crippen LogP contribution < -0.4 is 0 Å². The Kier molecular flexibility index (Phi) is 3.09. The van der Waals surface area contributed by atoms with Gasteiger partial charge in [0.25, 0.3) is 0 Å². The average Bonchev–Trinajstić information content (AvgIpc) is 2.75. The molecule has 1 N–H and O–H groups in total. The molecule has 0 aromatic carbocycles. The number of thiophene rings is 1. The van der Waals surface area contributed by atoms with E-state index in [2.05, 4.69) is 5.10 Å². The highest BCUT2D eigenvalue weighted by molar-refractivity contribution is 7.10. The molecule has 0 saturated heterocycles. The number of aromatic nitrogens is 2. The fraction of sp³-hybridized carbons (Fsp3) is 0.300. The van der Waals surface area contributed by atoms with Crippen molar-refractivity contribution in [2.45, 2.75) is 12.5 Å². The van der Waals surface area contributed by atoms with Gasteiger partial charge in [-0.25, -0.2) is 0 Å². The van der Waals surface area contributed by atoms with Crippen LogP contribution in [0.2, 0.25) is 5.02 Å². The van der Waals surface area contributed by atoms with Crippen LogP contribution >= 0.6 is 22.9 Å². The van der Waals surface area contributed by atoms with E-state index in [1.807, 2.05) is 24.7 Å². The third-order valence-electron chi connectivity index (χ3n) is 2.12. The van der Waals surface area contributed by atoms with Crippen LogP contribution in [-0.4, -0.2) is 14.9 Å². The van der Waals surface area contributed by atoms with Gasteiger partial charge in [0, 0.05) is 19.7 Å². The number of aliphatic hydroxyl groups is 1. The average molecular weight is 243 g/mol. The van der Waals surface area contributed by atoms with E-state index < -0.39 is 6.10 Å². The molecule has 0 amide bonds. The summed E-state index contributed by atoms with van der Waals surface area (Å²) in [7, 11) is 1.86. The minimum absolute atomic E-state index is 0.501. The van der Waals surface area contributed by atoms with Gasteiger partial charge in [-0.3, -0.25) is 4.68 Å². The molecule has 0 spiro atoms. The summed E-state index contributed by atoms with van der Waals surface area (Å²) in [5, 5.41) is 16.6. The second-order valence-corrected chi connectivity index (χ2v) is 4.69. The van der Waals surface area contributed by atoms with E-state index in [0.29, 0.717) is 11.4 Å². The molecule has 0 saturated carbocycles. The maximum atomic E-state index is 9.93. The monoisotopic (exact) mass is 242 g/mol. The lowest BCUT2D eigenvalue weighted by Gasteiger charge is -2.06. The molecule has 2 rings (SSSR count). The summed E-state index contributed by atoms with van der Waals surface area (Å²) in [5.41, 5.74) is 0.870. The van der Waals surface area contributed by atoms with Crippen molar-refractivity contribution in [3.05, 3.63) is 39.3 Å². The topological polar surface area (TPSA) is 38.0 Å². The van der Waals surface area contributed by atoms with Gasteiger partial charge in [-0.15, -0.1) is 11.3 Å². The van der Waals surface area contributed by atoms with E-state index in [-0.39, 0.29) is 0 Å². The van der Waals surface area contributed by atoms with Crippen LogP contribution in [0.5, 0.6) is 0 Å². The number of aryl methyl sites for hydroxylation is 1. The molecule has 0 aliphatic carbocycles. The van der Waals surface area contributed by atoms with Crippen LogP contribution in [0.15, 0.2) is 23.7 Å². The Balaban J connectivity index is 2.10. The second kappa shape index (κ2) is 4.35. The zero-order valence-corrected chi connectivity index (χ0v) is 9.79. The smallest absolute Gasteiger partial charge is 0.0952 e. The minimum Gasteiger partial charge on any atom is -0.387 e. The molecule has 15 heavy (non-hydrogen) atoms. The van der Waals surface area contributed by atoms with Gasteiger partial charge in [0.15, 0.2) is 0 Å². The van der Waals surface area contributed by atoms with Crippen LogP contribution in [-0.2, 0) is 13.5 Å². The first-order valence-electron chi connectivity index (χ1n) is 4.56. The molecule has 0 bridgehead atoms. The van der Waals surface area contributed by atoms with Crippen molar-refractivity contribution in [1.29, 1.82) is 0 Å². The van der Waals surface area contributed by atoms with E-state index >= 15 is 0 Å². The standard InChI is InChI=1S/C10H11ClN2OS/c1-13-4-2-7(12-13)6-9(14)10-8(11)3-5-15-10/h2-5,9,14H,6H2,1H3. The Hall–Kier alpha value is -0.840. The maximum Gasteiger partial charge on any atom is 0.0952 e. The van der Waals surface area contributed by atoms with Crippen LogP contribution in [0.4, 0.5) is 0 Å². The molecule has 2 heterocycles. The number of nitrogens with zero attached hydrogens (tertiary/aromatic N) is 2. The Morgan fingerprint density at radius 1 is 1.60 bits per heavy atom. The highest BCUT2D eigenvalue weighted by Gasteiger charge is 2.14. The summed E-state index contributed by atoms with van der Waals surface area (Å²) in [6.07, 6.45) is 1.80. The lowest BCUT2D eigenvalue weighted by molar-refractivity contribution is 0.181. The molecule has 2 aromatic heterocycles. The van der Waals surface area contributed by atoms with Crippen molar-refractivity contribution < 1.29 is 5.11 Å². The third-order valence-corrected chi connectivity index (χ3v) is 3.58. The first-order valence-corrected chi connectivity index (χ1v) is 5.82. The van der Waals surface area contributed by atoms with Crippen molar-refractivity contribution in [3.8, 4) is 0 Å². The van der Waals surface area contributed by atoms with Crippen LogP contribution in [0.1, 0.15) is 16.7 Å². The highest BCUT2D eigenvalue weighted by atomic mass is 35.5. The SMILES string of the molecule is Cn1ccc(CC(O)c2sccc2Cl)n1. The fourth-order valence-corrected chi connectivity index (χ4v) is 2.58. The highest BCUT2D eigenvalue weighted by Crippen LogP contribution is 2.30. The van der Waals surface area contributed by atoms with Gasteiger partial charge in [0.2, 0.25) is 0 Å². The van der Waals surface area contributed by atoms with Crippen LogP contribution in [0.25, 0.3) is 0 Å². The zero-order valence-electron chi connectivity index (χ0n) is 8.22. The molecule has 0 fully saturated rings. The van der Waals surface area contributed by atoms with E-state index in [4.69, 9.17) is 11.6 Å². The third kappa shape index (κ3) is 2.40. The molecule has 2 aromatic rings. The Morgan fingerprint density at radius 2 is 2.40 bits per heavy atom. The van der Waals surface area contributed by atoms with Crippen molar-refractivity contribution in [3.63, 3.8) is 0 Å². The van der Waals surface area contributed by atoms with E-state index in [1.54, 1.807) is 10.7 Å². The largest absolute Gasteiger partial charge is 0.387 e. The number of halogens is 1. The van der Waals surface area contributed by atoms with Crippen molar-refractivity contribution in [2.24, 2.45) is 7.05 Å². The molecule has 1 atom stereocenters. The van der Waals surface area contributed by atoms with Crippen LogP contribution in [0.3, 0.4) is 0 Å². The van der Waals surface area contributed by atoms with E-state index in [1.165, 1.54) is 11.3 Å². The lowest BCUT2D eigenvalue weighted by Crippen LogP contribution is -2.01. The van der Waals surface area contributed by atoms with Gasteiger partial charge in [-0.05, 0) is 17.5 Å². The summed E-state index contributed by atoms with van der Waals surface area (Å²) in [4.78, 5) is 0.808. The Bertz CT molecular complexity index is 452. The Labute approximate surface area is 96.9 Å². The molecular formula is C10H11ClN2OS. The molecule has 80 valence electrons. The predicted molar refractivity (Wildman–Crippen MR) is 61.2 cm³/mol. The van der Waals surface area contributed by atoms with Crippen molar-refractivity contribution in [1.82, 2.24) is 9.78 Å². The number of hydrogen-bond donors (Lipinski definition) is 1. The quantitative estimate of drug-likeness (QED) is 0.898. The molecule has 0 aliphatic rings.